The van der Waals surface area contributed by atoms with Crippen LogP contribution in [0.4, 0.5) is 0 Å². The summed E-state index contributed by atoms with van der Waals surface area (Å²) in [6.45, 7) is 3.09. The monoisotopic (exact) mass is 494 g/mol. The predicted molar refractivity (Wildman–Crippen MR) is 117 cm³/mol. The third kappa shape index (κ3) is 26.0. The summed E-state index contributed by atoms with van der Waals surface area (Å²) in [7, 11) is 0. The van der Waals surface area contributed by atoms with Crippen LogP contribution < -0.4 is 0 Å². The second-order valence-corrected chi connectivity index (χ2v) is 7.09. The molecular weight excluding hydrogens is 456 g/mol. The summed E-state index contributed by atoms with van der Waals surface area (Å²) < 4.78 is 31.2. The number of carbonyl (C=O) groups is 4. The molecule has 0 radical (unpaired) electrons. The average molecular weight is 495 g/mol. The molecule has 198 valence electrons. The standard InChI is InChI=1S/C22H38O12/c23-19(24)5-1-3-7-21(27)33-17-15-31-13-11-29-9-10-30-12-14-32-16-18-34-22(28)8-4-2-6-20(25)26/h1-18H2,(H,23,24)(H,25,26). The quantitative estimate of drug-likeness (QED) is 0.139. The van der Waals surface area contributed by atoms with E-state index in [-0.39, 0.29) is 64.0 Å². The molecule has 0 saturated heterocycles. The molecule has 0 bridgehead atoms. The van der Waals surface area contributed by atoms with E-state index in [0.717, 1.165) is 0 Å². The summed E-state index contributed by atoms with van der Waals surface area (Å²) in [6.07, 6.45) is 2.38. The zero-order chi connectivity index (χ0) is 25.3. The van der Waals surface area contributed by atoms with E-state index in [1.54, 1.807) is 0 Å². The van der Waals surface area contributed by atoms with Crippen LogP contribution in [0.3, 0.4) is 0 Å². The smallest absolute Gasteiger partial charge is 0.305 e. The van der Waals surface area contributed by atoms with Crippen molar-refractivity contribution >= 4 is 23.9 Å². The minimum atomic E-state index is -0.873. The van der Waals surface area contributed by atoms with Gasteiger partial charge in [-0.2, -0.15) is 0 Å². The molecule has 0 aliphatic heterocycles. The predicted octanol–water partition coefficient (Wildman–Crippen LogP) is 1.43. The van der Waals surface area contributed by atoms with Crippen molar-refractivity contribution in [1.82, 2.24) is 0 Å². The number of carbonyl (C=O) groups excluding carboxylic acids is 2. The summed E-state index contributed by atoms with van der Waals surface area (Å²) >= 11 is 0. The Labute approximate surface area is 199 Å². The van der Waals surface area contributed by atoms with Crippen LogP contribution >= 0.6 is 0 Å². The van der Waals surface area contributed by atoms with Crippen molar-refractivity contribution in [1.29, 1.82) is 0 Å². The van der Waals surface area contributed by atoms with Gasteiger partial charge >= 0.3 is 23.9 Å². The fourth-order valence-electron chi connectivity index (χ4n) is 2.43. The van der Waals surface area contributed by atoms with Crippen molar-refractivity contribution in [3.63, 3.8) is 0 Å². The van der Waals surface area contributed by atoms with Crippen molar-refractivity contribution in [2.24, 2.45) is 0 Å². The maximum absolute atomic E-state index is 11.4. The Bertz CT molecular complexity index is 504. The Balaban J connectivity index is 3.21. The van der Waals surface area contributed by atoms with Gasteiger partial charge in [0.2, 0.25) is 0 Å². The first-order valence-electron chi connectivity index (χ1n) is 11.5. The van der Waals surface area contributed by atoms with E-state index in [1.165, 1.54) is 0 Å². The maximum atomic E-state index is 11.4. The summed E-state index contributed by atoms with van der Waals surface area (Å²) in [5, 5.41) is 17.0. The molecule has 12 nitrogen and oxygen atoms in total. The van der Waals surface area contributed by atoms with Crippen LogP contribution in [-0.4, -0.2) is 100 Å². The van der Waals surface area contributed by atoms with E-state index < -0.39 is 11.9 Å². The molecule has 0 aromatic rings. The minimum Gasteiger partial charge on any atom is -0.481 e. The van der Waals surface area contributed by atoms with Gasteiger partial charge in [0, 0.05) is 25.7 Å². The van der Waals surface area contributed by atoms with Crippen molar-refractivity contribution < 1.29 is 57.8 Å². The van der Waals surface area contributed by atoms with Gasteiger partial charge in [0.05, 0.1) is 52.9 Å². The van der Waals surface area contributed by atoms with E-state index in [4.69, 9.17) is 38.6 Å². The molecule has 0 unspecified atom stereocenters. The van der Waals surface area contributed by atoms with Crippen molar-refractivity contribution in [2.75, 3.05) is 66.1 Å². The number of carboxylic acid groups (broad SMARTS) is 2. The van der Waals surface area contributed by atoms with E-state index in [0.29, 0.717) is 65.3 Å². The summed E-state index contributed by atoms with van der Waals surface area (Å²) in [5.74, 6) is -2.47. The number of rotatable bonds is 25. The van der Waals surface area contributed by atoms with Gasteiger partial charge in [0.25, 0.3) is 0 Å². The van der Waals surface area contributed by atoms with Gasteiger partial charge in [-0.1, -0.05) is 0 Å². The molecule has 2 N–H and O–H groups in total. The lowest BCUT2D eigenvalue weighted by Crippen LogP contribution is -2.15. The first-order chi connectivity index (χ1) is 16.4. The number of aliphatic carboxylic acids is 2. The van der Waals surface area contributed by atoms with Crippen LogP contribution in [0.5, 0.6) is 0 Å². The lowest BCUT2D eigenvalue weighted by molar-refractivity contribution is -0.146. The average Bonchev–Trinajstić information content (AvgIpc) is 2.79. The first kappa shape index (κ1) is 31.7. The SMILES string of the molecule is O=C(O)CCCCC(=O)OCCOCCOCCOCCOCCOC(=O)CCCCC(=O)O. The molecule has 0 rings (SSSR count). The minimum absolute atomic E-state index is 0.0503. The van der Waals surface area contributed by atoms with Crippen LogP contribution in [0.2, 0.25) is 0 Å². The number of hydrogen-bond donors (Lipinski definition) is 2. The fraction of sp³-hybridized carbons (Fsp3) is 0.818. The van der Waals surface area contributed by atoms with Crippen LogP contribution in [0.15, 0.2) is 0 Å². The molecular formula is C22H38O12. The molecule has 0 heterocycles. The molecule has 34 heavy (non-hydrogen) atoms. The molecule has 0 aromatic heterocycles. The second-order valence-electron chi connectivity index (χ2n) is 7.09. The molecule has 0 amide bonds. The third-order valence-electron chi connectivity index (χ3n) is 4.14. The molecule has 0 aliphatic carbocycles. The van der Waals surface area contributed by atoms with E-state index in [9.17, 15) is 19.2 Å². The molecule has 0 atom stereocenters. The van der Waals surface area contributed by atoms with Crippen molar-refractivity contribution in [3.8, 4) is 0 Å². The van der Waals surface area contributed by atoms with Gasteiger partial charge in [-0.3, -0.25) is 19.2 Å². The lowest BCUT2D eigenvalue weighted by Gasteiger charge is -2.08. The van der Waals surface area contributed by atoms with Gasteiger partial charge in [-0.05, 0) is 25.7 Å². The number of hydrogen-bond acceptors (Lipinski definition) is 10. The molecule has 0 aromatic carbocycles. The Morgan fingerprint density at radius 2 is 0.676 bits per heavy atom. The number of carboxylic acids is 2. The third-order valence-corrected chi connectivity index (χ3v) is 4.14. The molecule has 12 heteroatoms. The Morgan fingerprint density at radius 1 is 0.412 bits per heavy atom. The topological polar surface area (TPSA) is 164 Å². The van der Waals surface area contributed by atoms with Crippen LogP contribution in [0, 0.1) is 0 Å². The van der Waals surface area contributed by atoms with Crippen LogP contribution in [0.25, 0.3) is 0 Å². The van der Waals surface area contributed by atoms with Crippen molar-refractivity contribution in [3.05, 3.63) is 0 Å². The van der Waals surface area contributed by atoms with Gasteiger partial charge in [0.15, 0.2) is 0 Å². The zero-order valence-electron chi connectivity index (χ0n) is 19.7. The highest BCUT2D eigenvalue weighted by Gasteiger charge is 2.05. The maximum Gasteiger partial charge on any atom is 0.305 e. The highest BCUT2D eigenvalue weighted by atomic mass is 16.6. The highest BCUT2D eigenvalue weighted by Crippen LogP contribution is 2.02. The number of unbranched alkanes of at least 4 members (excludes halogenated alkanes) is 2. The molecule has 0 saturated carbocycles. The van der Waals surface area contributed by atoms with E-state index in [2.05, 4.69) is 0 Å². The number of esters is 2. The summed E-state index contributed by atoms with van der Waals surface area (Å²) in [6, 6.07) is 0. The Hall–Kier alpha value is -2.28. The number of ether oxygens (including phenoxy) is 6. The molecule has 0 spiro atoms. The van der Waals surface area contributed by atoms with Gasteiger partial charge in [-0.25, -0.2) is 0 Å². The van der Waals surface area contributed by atoms with Gasteiger partial charge in [0.1, 0.15) is 13.2 Å². The first-order valence-corrected chi connectivity index (χ1v) is 11.5. The highest BCUT2D eigenvalue weighted by molar-refractivity contribution is 5.70. The molecule has 0 fully saturated rings. The molecule has 0 aliphatic rings. The Morgan fingerprint density at radius 3 is 0.971 bits per heavy atom. The second kappa shape index (κ2) is 23.9. The Kier molecular flexibility index (Phi) is 22.3. The summed E-state index contributed by atoms with van der Waals surface area (Å²) in [4.78, 5) is 43.5. The fourth-order valence-corrected chi connectivity index (χ4v) is 2.43. The zero-order valence-corrected chi connectivity index (χ0v) is 19.7. The largest absolute Gasteiger partial charge is 0.481 e. The van der Waals surface area contributed by atoms with E-state index >= 15 is 0 Å². The normalized spacial score (nSPS) is 10.7. The van der Waals surface area contributed by atoms with Gasteiger partial charge in [-0.15, -0.1) is 0 Å². The van der Waals surface area contributed by atoms with Gasteiger partial charge < -0.3 is 38.6 Å². The van der Waals surface area contributed by atoms with Crippen molar-refractivity contribution in [2.45, 2.75) is 51.4 Å². The lowest BCUT2D eigenvalue weighted by atomic mass is 10.2. The van der Waals surface area contributed by atoms with Crippen LogP contribution in [0.1, 0.15) is 51.4 Å². The van der Waals surface area contributed by atoms with E-state index in [1.807, 2.05) is 0 Å². The summed E-state index contributed by atoms with van der Waals surface area (Å²) in [5.41, 5.74) is 0. The van der Waals surface area contributed by atoms with Crippen LogP contribution in [-0.2, 0) is 47.6 Å².